The van der Waals surface area contributed by atoms with Gasteiger partial charge in [0.05, 0.1) is 12.3 Å². The zero-order chi connectivity index (χ0) is 16.2. The Kier molecular flexibility index (Phi) is 4.16. The van der Waals surface area contributed by atoms with Gasteiger partial charge in [0.2, 0.25) is 5.95 Å². The molecule has 1 atom stereocenters. The molecule has 0 saturated carbocycles. The zero-order valence-corrected chi connectivity index (χ0v) is 13.2. The van der Waals surface area contributed by atoms with Gasteiger partial charge >= 0.3 is 0 Å². The Morgan fingerprint density at radius 2 is 2.04 bits per heavy atom. The molecule has 1 aromatic carbocycles. The van der Waals surface area contributed by atoms with Crippen LogP contribution in [-0.4, -0.2) is 28.1 Å². The van der Waals surface area contributed by atoms with Gasteiger partial charge in [0.25, 0.3) is 0 Å². The number of nitrogens with zero attached hydrogens (tertiary/aromatic N) is 3. The number of benzene rings is 1. The molecule has 2 aromatic heterocycles. The van der Waals surface area contributed by atoms with E-state index in [4.69, 9.17) is 4.74 Å². The molecule has 3 aromatic rings. The molecule has 0 aliphatic carbocycles. The van der Waals surface area contributed by atoms with Gasteiger partial charge in [-0.15, -0.1) is 0 Å². The van der Waals surface area contributed by atoms with Crippen LogP contribution < -0.4 is 5.32 Å². The first kappa shape index (κ1) is 14.8. The lowest BCUT2D eigenvalue weighted by molar-refractivity contribution is 0.0512. The van der Waals surface area contributed by atoms with Crippen molar-refractivity contribution in [3.63, 3.8) is 0 Å². The van der Waals surface area contributed by atoms with Crippen molar-refractivity contribution in [2.24, 2.45) is 0 Å². The number of hydrogen-bond acceptors (Lipinski definition) is 5. The predicted octanol–water partition coefficient (Wildman–Crippen LogP) is 3.26. The fraction of sp³-hybridized carbons (Fsp3) is 0.211. The molecule has 3 heterocycles. The highest BCUT2D eigenvalue weighted by atomic mass is 16.5. The van der Waals surface area contributed by atoms with Crippen molar-refractivity contribution in [2.45, 2.75) is 12.5 Å². The fourth-order valence-electron chi connectivity index (χ4n) is 2.95. The molecular formula is C19H18N4O. The molecule has 1 N–H and O–H groups in total. The Morgan fingerprint density at radius 1 is 1.08 bits per heavy atom. The number of ether oxygens (including phenoxy) is 1. The maximum Gasteiger partial charge on any atom is 0.223 e. The predicted molar refractivity (Wildman–Crippen MR) is 92.6 cm³/mol. The highest BCUT2D eigenvalue weighted by molar-refractivity contribution is 5.58. The zero-order valence-electron chi connectivity index (χ0n) is 13.2. The van der Waals surface area contributed by atoms with E-state index >= 15 is 0 Å². The third kappa shape index (κ3) is 3.12. The normalized spacial score (nSPS) is 16.4. The SMILES string of the molecule is c1cncc(-c2ccnc(NC[C@@H]3OCCc4ccccc43)n2)c1. The van der Waals surface area contributed by atoms with Crippen LogP contribution in [0.1, 0.15) is 17.2 Å². The molecule has 0 radical (unpaired) electrons. The van der Waals surface area contributed by atoms with Crippen molar-refractivity contribution >= 4 is 5.95 Å². The summed E-state index contributed by atoms with van der Waals surface area (Å²) in [5, 5.41) is 3.30. The van der Waals surface area contributed by atoms with Crippen LogP contribution >= 0.6 is 0 Å². The molecule has 0 saturated heterocycles. The van der Waals surface area contributed by atoms with Gasteiger partial charge < -0.3 is 10.1 Å². The van der Waals surface area contributed by atoms with Gasteiger partial charge in [-0.05, 0) is 35.7 Å². The molecule has 120 valence electrons. The summed E-state index contributed by atoms with van der Waals surface area (Å²) in [4.78, 5) is 13.0. The summed E-state index contributed by atoms with van der Waals surface area (Å²) in [5.74, 6) is 0.600. The highest BCUT2D eigenvalue weighted by Gasteiger charge is 2.20. The molecular weight excluding hydrogens is 300 g/mol. The van der Waals surface area contributed by atoms with E-state index < -0.39 is 0 Å². The number of aromatic nitrogens is 3. The van der Waals surface area contributed by atoms with Crippen LogP contribution in [0.25, 0.3) is 11.3 Å². The summed E-state index contributed by atoms with van der Waals surface area (Å²) in [5.41, 5.74) is 4.44. The number of nitrogens with one attached hydrogen (secondary N) is 1. The lowest BCUT2D eigenvalue weighted by Crippen LogP contribution is -2.23. The van der Waals surface area contributed by atoms with E-state index in [2.05, 4.69) is 44.5 Å². The first-order valence-electron chi connectivity index (χ1n) is 8.07. The first-order valence-corrected chi connectivity index (χ1v) is 8.07. The summed E-state index contributed by atoms with van der Waals surface area (Å²) < 4.78 is 5.91. The smallest absolute Gasteiger partial charge is 0.223 e. The summed E-state index contributed by atoms with van der Waals surface area (Å²) >= 11 is 0. The Bertz CT molecular complexity index is 822. The van der Waals surface area contributed by atoms with Crippen LogP contribution in [0.5, 0.6) is 0 Å². The number of anilines is 1. The van der Waals surface area contributed by atoms with Crippen LogP contribution in [0.4, 0.5) is 5.95 Å². The van der Waals surface area contributed by atoms with Crippen LogP contribution in [0.15, 0.2) is 61.1 Å². The molecule has 0 amide bonds. The van der Waals surface area contributed by atoms with E-state index in [1.807, 2.05) is 18.2 Å². The van der Waals surface area contributed by atoms with Gasteiger partial charge in [0.15, 0.2) is 0 Å². The molecule has 5 nitrogen and oxygen atoms in total. The van der Waals surface area contributed by atoms with Gasteiger partial charge in [-0.1, -0.05) is 24.3 Å². The topological polar surface area (TPSA) is 59.9 Å². The third-order valence-corrected chi connectivity index (χ3v) is 4.15. The van der Waals surface area contributed by atoms with Crippen molar-refractivity contribution in [3.8, 4) is 11.3 Å². The maximum absolute atomic E-state index is 5.91. The molecule has 0 fully saturated rings. The summed E-state index contributed by atoms with van der Waals surface area (Å²) in [6.45, 7) is 1.40. The van der Waals surface area contributed by atoms with Gasteiger partial charge in [-0.25, -0.2) is 9.97 Å². The van der Waals surface area contributed by atoms with Crippen molar-refractivity contribution in [3.05, 3.63) is 72.2 Å². The van der Waals surface area contributed by atoms with Crippen LogP contribution in [-0.2, 0) is 11.2 Å². The first-order chi connectivity index (χ1) is 11.9. The Hall–Kier alpha value is -2.79. The molecule has 5 heteroatoms. The van der Waals surface area contributed by atoms with E-state index in [-0.39, 0.29) is 6.10 Å². The van der Waals surface area contributed by atoms with E-state index in [1.54, 1.807) is 18.6 Å². The van der Waals surface area contributed by atoms with Crippen LogP contribution in [0.3, 0.4) is 0 Å². The Balaban J connectivity index is 1.49. The van der Waals surface area contributed by atoms with Gasteiger partial charge in [-0.2, -0.15) is 0 Å². The third-order valence-electron chi connectivity index (χ3n) is 4.15. The number of pyridine rings is 1. The minimum Gasteiger partial charge on any atom is -0.371 e. The van der Waals surface area contributed by atoms with Crippen molar-refractivity contribution in [2.75, 3.05) is 18.5 Å². The lowest BCUT2D eigenvalue weighted by Gasteiger charge is -2.26. The van der Waals surface area contributed by atoms with Gasteiger partial charge in [0, 0.05) is 30.7 Å². The number of fused-ring (bicyclic) bond motifs is 1. The Morgan fingerprint density at radius 3 is 2.96 bits per heavy atom. The average molecular weight is 318 g/mol. The highest BCUT2D eigenvalue weighted by Crippen LogP contribution is 2.27. The van der Waals surface area contributed by atoms with Gasteiger partial charge in [0.1, 0.15) is 6.10 Å². The van der Waals surface area contributed by atoms with Crippen molar-refractivity contribution in [1.82, 2.24) is 15.0 Å². The van der Waals surface area contributed by atoms with E-state index in [1.165, 1.54) is 11.1 Å². The molecule has 0 spiro atoms. The molecule has 1 aliphatic heterocycles. The minimum absolute atomic E-state index is 0.0283. The van der Waals surface area contributed by atoms with Crippen LogP contribution in [0.2, 0.25) is 0 Å². The number of hydrogen-bond donors (Lipinski definition) is 1. The fourth-order valence-corrected chi connectivity index (χ4v) is 2.95. The largest absolute Gasteiger partial charge is 0.371 e. The van der Waals surface area contributed by atoms with E-state index in [0.717, 1.165) is 24.3 Å². The average Bonchev–Trinajstić information content (AvgIpc) is 2.67. The summed E-state index contributed by atoms with van der Waals surface area (Å²) in [6, 6.07) is 14.2. The second kappa shape index (κ2) is 6.76. The monoisotopic (exact) mass is 318 g/mol. The molecule has 1 aliphatic rings. The molecule has 4 rings (SSSR count). The molecule has 0 unspecified atom stereocenters. The molecule has 24 heavy (non-hydrogen) atoms. The standard InChI is InChI=1S/C19H18N4O/c1-2-6-16-14(4-1)8-11-24-18(16)13-22-19-21-10-7-17(23-19)15-5-3-9-20-12-15/h1-7,9-10,12,18H,8,11,13H2,(H,21,22,23)/t18-/m0/s1. The summed E-state index contributed by atoms with van der Waals surface area (Å²) in [7, 11) is 0. The second-order valence-electron chi connectivity index (χ2n) is 5.70. The minimum atomic E-state index is 0.0283. The Labute approximate surface area is 140 Å². The number of rotatable bonds is 4. The van der Waals surface area contributed by atoms with E-state index in [0.29, 0.717) is 12.5 Å². The van der Waals surface area contributed by atoms with E-state index in [9.17, 15) is 0 Å². The lowest BCUT2D eigenvalue weighted by atomic mass is 9.98. The van der Waals surface area contributed by atoms with Crippen molar-refractivity contribution < 1.29 is 4.74 Å². The quantitative estimate of drug-likeness (QED) is 0.800. The molecule has 0 bridgehead atoms. The maximum atomic E-state index is 5.91. The second-order valence-corrected chi connectivity index (χ2v) is 5.70. The summed E-state index contributed by atoms with van der Waals surface area (Å²) in [6.07, 6.45) is 6.31. The van der Waals surface area contributed by atoms with Crippen molar-refractivity contribution in [1.29, 1.82) is 0 Å². The van der Waals surface area contributed by atoms with Gasteiger partial charge in [-0.3, -0.25) is 4.98 Å². The van der Waals surface area contributed by atoms with Crippen LogP contribution in [0, 0.1) is 0 Å².